The SMILES string of the molecule is COc1cc(N2CCC3CNCC32)ccc1F. The molecule has 0 radical (unpaired) electrons. The largest absolute Gasteiger partial charge is 0.494 e. The minimum absolute atomic E-state index is 0.295. The van der Waals surface area contributed by atoms with E-state index >= 15 is 0 Å². The fourth-order valence-electron chi connectivity index (χ4n) is 3.00. The Bertz CT molecular complexity index is 424. The third-order valence-corrected chi connectivity index (χ3v) is 3.91. The van der Waals surface area contributed by atoms with E-state index in [0.29, 0.717) is 11.8 Å². The molecule has 0 bridgehead atoms. The molecule has 2 unspecified atom stereocenters. The highest BCUT2D eigenvalue weighted by Gasteiger charge is 2.37. The highest BCUT2D eigenvalue weighted by molar-refractivity contribution is 5.53. The monoisotopic (exact) mass is 236 g/mol. The van der Waals surface area contributed by atoms with Gasteiger partial charge in [-0.05, 0) is 24.5 Å². The summed E-state index contributed by atoms with van der Waals surface area (Å²) in [6.07, 6.45) is 1.22. The number of anilines is 1. The Labute approximate surface area is 101 Å². The molecule has 2 aliphatic rings. The number of methoxy groups -OCH3 is 1. The van der Waals surface area contributed by atoms with Crippen LogP contribution in [-0.4, -0.2) is 32.8 Å². The molecule has 4 heteroatoms. The predicted octanol–water partition coefficient (Wildman–Crippen LogP) is 1.63. The molecule has 0 amide bonds. The van der Waals surface area contributed by atoms with Gasteiger partial charge in [0.1, 0.15) is 0 Å². The zero-order chi connectivity index (χ0) is 11.8. The number of ether oxygens (including phenoxy) is 1. The third-order valence-electron chi connectivity index (χ3n) is 3.91. The van der Waals surface area contributed by atoms with E-state index in [1.807, 2.05) is 6.07 Å². The topological polar surface area (TPSA) is 24.5 Å². The Kier molecular flexibility index (Phi) is 2.67. The quantitative estimate of drug-likeness (QED) is 0.844. The summed E-state index contributed by atoms with van der Waals surface area (Å²) in [5.74, 6) is 0.777. The van der Waals surface area contributed by atoms with Crippen LogP contribution in [-0.2, 0) is 0 Å². The summed E-state index contributed by atoms with van der Waals surface area (Å²) < 4.78 is 18.4. The maximum absolute atomic E-state index is 13.4. The Morgan fingerprint density at radius 1 is 1.41 bits per heavy atom. The molecule has 0 spiro atoms. The van der Waals surface area contributed by atoms with Crippen LogP contribution in [0.4, 0.5) is 10.1 Å². The first-order valence-electron chi connectivity index (χ1n) is 6.10. The molecule has 2 heterocycles. The molecule has 2 fully saturated rings. The zero-order valence-electron chi connectivity index (χ0n) is 9.95. The van der Waals surface area contributed by atoms with Crippen molar-refractivity contribution < 1.29 is 9.13 Å². The first-order chi connectivity index (χ1) is 8.29. The van der Waals surface area contributed by atoms with Gasteiger partial charge in [-0.1, -0.05) is 0 Å². The van der Waals surface area contributed by atoms with Crippen molar-refractivity contribution in [2.75, 3.05) is 31.6 Å². The smallest absolute Gasteiger partial charge is 0.165 e. The number of benzene rings is 1. The summed E-state index contributed by atoms with van der Waals surface area (Å²) in [7, 11) is 1.51. The van der Waals surface area contributed by atoms with Gasteiger partial charge in [0, 0.05) is 37.4 Å². The molecule has 2 atom stereocenters. The number of rotatable bonds is 2. The van der Waals surface area contributed by atoms with Crippen molar-refractivity contribution >= 4 is 5.69 Å². The lowest BCUT2D eigenvalue weighted by molar-refractivity contribution is 0.386. The third kappa shape index (κ3) is 1.76. The molecule has 2 saturated heterocycles. The summed E-state index contributed by atoms with van der Waals surface area (Å²) in [5.41, 5.74) is 1.07. The minimum Gasteiger partial charge on any atom is -0.494 e. The van der Waals surface area contributed by atoms with Gasteiger partial charge in [-0.2, -0.15) is 0 Å². The first kappa shape index (κ1) is 10.8. The number of hydrogen-bond acceptors (Lipinski definition) is 3. The van der Waals surface area contributed by atoms with Crippen LogP contribution in [0.2, 0.25) is 0 Å². The van der Waals surface area contributed by atoms with Gasteiger partial charge in [-0.15, -0.1) is 0 Å². The summed E-state index contributed by atoms with van der Waals surface area (Å²) in [6, 6.07) is 5.70. The van der Waals surface area contributed by atoms with Crippen LogP contribution >= 0.6 is 0 Å². The van der Waals surface area contributed by atoms with Gasteiger partial charge in [0.05, 0.1) is 7.11 Å². The molecule has 92 valence electrons. The van der Waals surface area contributed by atoms with E-state index in [1.54, 1.807) is 6.07 Å². The van der Waals surface area contributed by atoms with E-state index in [0.717, 1.165) is 31.2 Å². The average molecular weight is 236 g/mol. The number of nitrogens with zero attached hydrogens (tertiary/aromatic N) is 1. The minimum atomic E-state index is -0.295. The molecular formula is C13H17FN2O. The van der Waals surface area contributed by atoms with Crippen LogP contribution in [0, 0.1) is 11.7 Å². The van der Waals surface area contributed by atoms with Gasteiger partial charge in [-0.25, -0.2) is 4.39 Å². The highest BCUT2D eigenvalue weighted by atomic mass is 19.1. The van der Waals surface area contributed by atoms with Gasteiger partial charge in [0.2, 0.25) is 0 Å². The van der Waals surface area contributed by atoms with Crippen LogP contribution in [0.15, 0.2) is 18.2 Å². The predicted molar refractivity (Wildman–Crippen MR) is 65.1 cm³/mol. The normalized spacial score (nSPS) is 27.3. The maximum atomic E-state index is 13.4. The van der Waals surface area contributed by atoms with Crippen molar-refractivity contribution in [1.29, 1.82) is 0 Å². The molecule has 1 N–H and O–H groups in total. The van der Waals surface area contributed by atoms with Crippen molar-refractivity contribution in [3.8, 4) is 5.75 Å². The van der Waals surface area contributed by atoms with Crippen LogP contribution in [0.5, 0.6) is 5.75 Å². The summed E-state index contributed by atoms with van der Waals surface area (Å²) in [4.78, 5) is 2.37. The zero-order valence-corrected chi connectivity index (χ0v) is 9.95. The van der Waals surface area contributed by atoms with Crippen molar-refractivity contribution in [3.05, 3.63) is 24.0 Å². The highest BCUT2D eigenvalue weighted by Crippen LogP contribution is 2.34. The number of halogens is 1. The lowest BCUT2D eigenvalue weighted by Gasteiger charge is -2.26. The van der Waals surface area contributed by atoms with Gasteiger partial charge in [0.25, 0.3) is 0 Å². The van der Waals surface area contributed by atoms with Crippen molar-refractivity contribution in [1.82, 2.24) is 5.32 Å². The van der Waals surface area contributed by atoms with Gasteiger partial charge < -0.3 is 15.0 Å². The number of fused-ring (bicyclic) bond motifs is 1. The molecule has 0 saturated carbocycles. The molecule has 17 heavy (non-hydrogen) atoms. The van der Waals surface area contributed by atoms with Crippen molar-refractivity contribution in [2.45, 2.75) is 12.5 Å². The molecule has 0 aromatic heterocycles. The second kappa shape index (κ2) is 4.18. The molecular weight excluding hydrogens is 219 g/mol. The number of hydrogen-bond donors (Lipinski definition) is 1. The van der Waals surface area contributed by atoms with Crippen LogP contribution < -0.4 is 15.0 Å². The number of nitrogens with one attached hydrogen (secondary N) is 1. The Morgan fingerprint density at radius 2 is 2.29 bits per heavy atom. The van der Waals surface area contributed by atoms with Crippen molar-refractivity contribution in [2.24, 2.45) is 5.92 Å². The molecule has 0 aliphatic carbocycles. The van der Waals surface area contributed by atoms with Crippen LogP contribution in [0.1, 0.15) is 6.42 Å². The molecule has 2 aliphatic heterocycles. The molecule has 3 rings (SSSR count). The fourth-order valence-corrected chi connectivity index (χ4v) is 3.00. The Balaban J connectivity index is 1.89. The lowest BCUT2D eigenvalue weighted by atomic mass is 10.1. The van der Waals surface area contributed by atoms with Gasteiger partial charge >= 0.3 is 0 Å². The van der Waals surface area contributed by atoms with Gasteiger partial charge in [-0.3, -0.25) is 0 Å². The summed E-state index contributed by atoms with van der Waals surface area (Å²) >= 11 is 0. The standard InChI is InChI=1S/C13H17FN2O/c1-17-13-6-10(2-3-11(13)14)16-5-4-9-7-15-8-12(9)16/h2-3,6,9,12,15H,4-5,7-8H2,1H3. The van der Waals surface area contributed by atoms with E-state index in [1.165, 1.54) is 19.6 Å². The van der Waals surface area contributed by atoms with E-state index < -0.39 is 0 Å². The van der Waals surface area contributed by atoms with Gasteiger partial charge in [0.15, 0.2) is 11.6 Å². The Hall–Kier alpha value is -1.29. The van der Waals surface area contributed by atoms with E-state index in [-0.39, 0.29) is 5.82 Å². The van der Waals surface area contributed by atoms with E-state index in [2.05, 4.69) is 10.2 Å². The molecule has 1 aromatic rings. The molecule has 3 nitrogen and oxygen atoms in total. The second-order valence-electron chi connectivity index (χ2n) is 4.79. The fraction of sp³-hybridized carbons (Fsp3) is 0.538. The van der Waals surface area contributed by atoms with Crippen LogP contribution in [0.3, 0.4) is 0 Å². The Morgan fingerprint density at radius 3 is 3.12 bits per heavy atom. The summed E-state index contributed by atoms with van der Waals surface area (Å²) in [5, 5.41) is 3.42. The maximum Gasteiger partial charge on any atom is 0.165 e. The van der Waals surface area contributed by atoms with Crippen LogP contribution in [0.25, 0.3) is 0 Å². The average Bonchev–Trinajstić information content (AvgIpc) is 2.92. The van der Waals surface area contributed by atoms with E-state index in [4.69, 9.17) is 4.74 Å². The second-order valence-corrected chi connectivity index (χ2v) is 4.79. The van der Waals surface area contributed by atoms with Crippen molar-refractivity contribution in [3.63, 3.8) is 0 Å². The summed E-state index contributed by atoms with van der Waals surface area (Å²) in [6.45, 7) is 3.20. The van der Waals surface area contributed by atoms with E-state index in [9.17, 15) is 4.39 Å². The molecule has 1 aromatic carbocycles. The lowest BCUT2D eigenvalue weighted by Crippen LogP contribution is -2.34. The first-order valence-corrected chi connectivity index (χ1v) is 6.10.